The number of anilines is 1. The fraction of sp³-hybridized carbons (Fsp3) is 0.536. The lowest BCUT2D eigenvalue weighted by atomic mass is 9.87. The van der Waals surface area contributed by atoms with E-state index in [0.717, 1.165) is 29.0 Å². The number of hydrogen-bond donors (Lipinski definition) is 3. The van der Waals surface area contributed by atoms with E-state index < -0.39 is 46.1 Å². The standard InChI is InChI=1S/C28H37FN4O5S/c1-28(2,3)39(37)32-23(17-8-9-17)15-20(22-7-5-6-12-30-22)18-10-11-21(29)24(13-18)31-26(34)25-14-19(38-4)16-33(25)27(35)36/h5-7,10-13,17,19-20,23,25,32H,8-9,14-16H2,1-4H3,(H,31,34)(H,35,36)/t19-,20+,23+,25-,39+/m1/s1. The van der Waals surface area contributed by atoms with Gasteiger partial charge in [0.05, 0.1) is 24.4 Å². The third-order valence-electron chi connectivity index (χ3n) is 7.34. The molecule has 0 radical (unpaired) electrons. The largest absolute Gasteiger partial charge is 0.598 e. The molecule has 2 aliphatic rings. The van der Waals surface area contributed by atoms with E-state index in [2.05, 4.69) is 15.0 Å². The van der Waals surface area contributed by atoms with Crippen LogP contribution in [0.15, 0.2) is 42.6 Å². The zero-order chi connectivity index (χ0) is 28.3. The number of benzene rings is 1. The maximum Gasteiger partial charge on any atom is 0.408 e. The van der Waals surface area contributed by atoms with E-state index >= 15 is 0 Å². The van der Waals surface area contributed by atoms with Crippen molar-refractivity contribution in [2.24, 2.45) is 5.92 Å². The number of pyridine rings is 1. The Kier molecular flexibility index (Phi) is 9.15. The Bertz CT molecular complexity index is 1160. The van der Waals surface area contributed by atoms with Crippen molar-refractivity contribution in [3.63, 3.8) is 0 Å². The number of likely N-dealkylation sites (tertiary alicyclic amines) is 1. The van der Waals surface area contributed by atoms with Crippen molar-refractivity contribution in [3.8, 4) is 0 Å². The first-order chi connectivity index (χ1) is 18.5. The molecule has 1 aliphatic carbocycles. The third-order valence-corrected chi connectivity index (χ3v) is 8.96. The topological polar surface area (TPSA) is 127 Å². The number of methoxy groups -OCH3 is 1. The molecule has 9 nitrogen and oxygen atoms in total. The molecule has 1 aromatic carbocycles. The van der Waals surface area contributed by atoms with E-state index in [0.29, 0.717) is 12.3 Å². The summed E-state index contributed by atoms with van der Waals surface area (Å²) in [6.45, 7) is 5.85. The summed E-state index contributed by atoms with van der Waals surface area (Å²) in [6, 6.07) is 9.17. The summed E-state index contributed by atoms with van der Waals surface area (Å²) in [6.07, 6.45) is 2.93. The van der Waals surface area contributed by atoms with Crippen LogP contribution in [0.5, 0.6) is 0 Å². The molecule has 0 unspecified atom stereocenters. The van der Waals surface area contributed by atoms with Gasteiger partial charge in [0.15, 0.2) is 0 Å². The minimum Gasteiger partial charge on any atom is -0.598 e. The van der Waals surface area contributed by atoms with Gasteiger partial charge in [0.1, 0.15) is 16.6 Å². The number of halogens is 1. The first kappa shape index (κ1) is 29.3. The molecule has 4 rings (SSSR count). The lowest BCUT2D eigenvalue weighted by Gasteiger charge is -2.30. The van der Waals surface area contributed by atoms with Crippen molar-refractivity contribution < 1.29 is 28.4 Å². The average molecular weight is 561 g/mol. The summed E-state index contributed by atoms with van der Waals surface area (Å²) >= 11 is -1.26. The van der Waals surface area contributed by atoms with Gasteiger partial charge in [0.25, 0.3) is 0 Å². The molecular weight excluding hydrogens is 523 g/mol. The summed E-state index contributed by atoms with van der Waals surface area (Å²) < 4.78 is 36.1. The first-order valence-electron chi connectivity index (χ1n) is 13.2. The minimum atomic E-state index is -1.26. The van der Waals surface area contributed by atoms with Gasteiger partial charge in [0.2, 0.25) is 5.91 Å². The molecule has 1 saturated heterocycles. The molecule has 5 atom stereocenters. The van der Waals surface area contributed by atoms with Gasteiger partial charge in [-0.05, 0) is 75.8 Å². The van der Waals surface area contributed by atoms with Gasteiger partial charge in [-0.1, -0.05) is 12.1 Å². The number of carbonyl (C=O) groups excluding carboxylic acids is 1. The first-order valence-corrected chi connectivity index (χ1v) is 14.3. The number of nitrogens with one attached hydrogen (secondary N) is 2. The molecule has 11 heteroatoms. The van der Waals surface area contributed by atoms with Crippen molar-refractivity contribution >= 4 is 29.0 Å². The second kappa shape index (κ2) is 12.2. The van der Waals surface area contributed by atoms with E-state index in [1.807, 2.05) is 39.0 Å². The molecular formula is C28H37FN4O5S. The minimum absolute atomic E-state index is 0.0289. The SMILES string of the molecule is CO[C@@H]1C[C@H](C(=O)Nc2cc([C@H](C[C@H](N[S@@+]([O-])C(C)(C)C)C3CC3)c3ccccn3)ccc2F)N(C(=O)O)C1. The fourth-order valence-electron chi connectivity index (χ4n) is 4.91. The van der Waals surface area contributed by atoms with Gasteiger partial charge in [-0.3, -0.25) is 14.7 Å². The Labute approximate surface area is 231 Å². The molecule has 0 spiro atoms. The molecule has 2 aromatic rings. The predicted octanol–water partition coefficient (Wildman–Crippen LogP) is 4.28. The van der Waals surface area contributed by atoms with Crippen LogP contribution in [0.4, 0.5) is 14.9 Å². The normalized spacial score (nSPS) is 21.8. The summed E-state index contributed by atoms with van der Waals surface area (Å²) in [5.74, 6) is -1.10. The number of ether oxygens (including phenoxy) is 1. The molecule has 3 N–H and O–H groups in total. The lowest BCUT2D eigenvalue weighted by molar-refractivity contribution is -0.120. The number of nitrogens with zero attached hydrogens (tertiary/aromatic N) is 2. The molecule has 39 heavy (non-hydrogen) atoms. The molecule has 212 valence electrons. The highest BCUT2D eigenvalue weighted by Crippen LogP contribution is 2.40. The number of carbonyl (C=O) groups is 2. The Morgan fingerprint density at radius 3 is 2.62 bits per heavy atom. The monoisotopic (exact) mass is 560 g/mol. The van der Waals surface area contributed by atoms with Gasteiger partial charge in [-0.15, -0.1) is 4.72 Å². The summed E-state index contributed by atoms with van der Waals surface area (Å²) in [7, 11) is 1.46. The van der Waals surface area contributed by atoms with Crippen LogP contribution >= 0.6 is 0 Å². The maximum atomic E-state index is 14.9. The number of aromatic nitrogens is 1. The van der Waals surface area contributed by atoms with Gasteiger partial charge in [-0.2, -0.15) is 0 Å². The zero-order valence-electron chi connectivity index (χ0n) is 22.7. The smallest absolute Gasteiger partial charge is 0.408 e. The van der Waals surface area contributed by atoms with Crippen molar-refractivity contribution in [1.82, 2.24) is 14.6 Å². The van der Waals surface area contributed by atoms with Crippen molar-refractivity contribution in [1.29, 1.82) is 0 Å². The second-order valence-electron chi connectivity index (χ2n) is 11.3. The fourth-order valence-corrected chi connectivity index (χ4v) is 5.83. The van der Waals surface area contributed by atoms with Crippen molar-refractivity contribution in [2.75, 3.05) is 19.0 Å². The third kappa shape index (κ3) is 7.27. The average Bonchev–Trinajstić information content (AvgIpc) is 3.65. The highest BCUT2D eigenvalue weighted by atomic mass is 32.2. The van der Waals surface area contributed by atoms with Crippen LogP contribution in [0.3, 0.4) is 0 Å². The molecule has 2 fully saturated rings. The van der Waals surface area contributed by atoms with Crippen molar-refractivity contribution in [3.05, 3.63) is 59.7 Å². The molecule has 0 bridgehead atoms. The quantitative estimate of drug-likeness (QED) is 0.370. The molecule has 1 aliphatic heterocycles. The maximum absolute atomic E-state index is 14.9. The van der Waals surface area contributed by atoms with Crippen molar-refractivity contribution in [2.45, 2.75) is 75.3 Å². The summed E-state index contributed by atoms with van der Waals surface area (Å²) in [5, 5.41) is 12.1. The van der Waals surface area contributed by atoms with E-state index in [1.54, 1.807) is 18.3 Å². The van der Waals surface area contributed by atoms with Gasteiger partial charge in [0, 0.05) is 42.7 Å². The Balaban J connectivity index is 1.60. The Morgan fingerprint density at radius 1 is 1.28 bits per heavy atom. The van der Waals surface area contributed by atoms with Crippen LogP contribution in [-0.4, -0.2) is 68.1 Å². The van der Waals surface area contributed by atoms with Gasteiger partial charge >= 0.3 is 6.09 Å². The van der Waals surface area contributed by atoms with Gasteiger partial charge in [-0.25, -0.2) is 9.18 Å². The Hall–Kier alpha value is -2.73. The van der Waals surface area contributed by atoms with Crippen LogP contribution < -0.4 is 10.0 Å². The number of carboxylic acid groups (broad SMARTS) is 1. The van der Waals surface area contributed by atoms with E-state index in [-0.39, 0.29) is 30.6 Å². The van der Waals surface area contributed by atoms with Crippen LogP contribution in [-0.2, 0) is 20.9 Å². The number of amides is 2. The number of rotatable bonds is 10. The Morgan fingerprint density at radius 2 is 2.03 bits per heavy atom. The number of hydrogen-bond acceptors (Lipinski definition) is 6. The van der Waals surface area contributed by atoms with Crippen LogP contribution in [0.1, 0.15) is 63.6 Å². The summed E-state index contributed by atoms with van der Waals surface area (Å²) in [4.78, 5) is 30.4. The molecule has 1 aromatic heterocycles. The van der Waals surface area contributed by atoms with Gasteiger partial charge < -0.3 is 19.7 Å². The highest BCUT2D eigenvalue weighted by molar-refractivity contribution is 7.90. The predicted molar refractivity (Wildman–Crippen MR) is 147 cm³/mol. The second-order valence-corrected chi connectivity index (χ2v) is 13.3. The van der Waals surface area contributed by atoms with Crippen LogP contribution in [0, 0.1) is 11.7 Å². The molecule has 1 saturated carbocycles. The zero-order valence-corrected chi connectivity index (χ0v) is 23.5. The molecule has 2 amide bonds. The summed E-state index contributed by atoms with van der Waals surface area (Å²) in [5.41, 5.74) is 1.50. The van der Waals surface area contributed by atoms with E-state index in [9.17, 15) is 23.6 Å². The van der Waals surface area contributed by atoms with Crippen LogP contribution in [0.25, 0.3) is 0 Å². The van der Waals surface area contributed by atoms with E-state index in [1.165, 1.54) is 13.2 Å². The van der Waals surface area contributed by atoms with E-state index in [4.69, 9.17) is 4.74 Å². The lowest BCUT2D eigenvalue weighted by Crippen LogP contribution is -2.46. The molecule has 2 heterocycles. The highest BCUT2D eigenvalue weighted by Gasteiger charge is 2.41. The van der Waals surface area contributed by atoms with Crippen LogP contribution in [0.2, 0.25) is 0 Å².